The van der Waals surface area contributed by atoms with E-state index in [1.165, 1.54) is 31.5 Å². The number of nitrogens with one attached hydrogen (secondary N) is 2. The molecule has 182 valence electrons. The zero-order valence-electron chi connectivity index (χ0n) is 20.4. The van der Waals surface area contributed by atoms with Crippen LogP contribution in [-0.2, 0) is 11.3 Å². The Morgan fingerprint density at radius 2 is 2.09 bits per heavy atom. The van der Waals surface area contributed by atoms with Crippen LogP contribution in [0.25, 0.3) is 0 Å². The third kappa shape index (κ3) is 8.71. The fourth-order valence-corrected chi connectivity index (χ4v) is 4.33. The molecule has 2 saturated heterocycles. The summed E-state index contributed by atoms with van der Waals surface area (Å²) in [5.74, 6) is 3.01. The molecular weight excluding hydrogens is 515 g/mol. The fraction of sp³-hybridized carbons (Fsp3) is 0.720. The molecule has 0 saturated carbocycles. The smallest absolute Gasteiger partial charge is 0.191 e. The Labute approximate surface area is 211 Å². The van der Waals surface area contributed by atoms with E-state index in [2.05, 4.69) is 61.4 Å². The van der Waals surface area contributed by atoms with Crippen LogP contribution in [0.5, 0.6) is 5.75 Å². The zero-order chi connectivity index (χ0) is 22.1. The Hall–Kier alpha value is -1.06. The van der Waals surface area contributed by atoms with Crippen molar-refractivity contribution in [3.8, 4) is 5.75 Å². The second kappa shape index (κ2) is 14.3. The molecule has 1 aromatic rings. The molecule has 0 spiro atoms. The fourth-order valence-electron chi connectivity index (χ4n) is 4.33. The number of aliphatic imine (C=N–C) groups is 1. The summed E-state index contributed by atoms with van der Waals surface area (Å²) in [6.45, 7) is 16.0. The lowest BCUT2D eigenvalue weighted by molar-refractivity contribution is 0.141. The van der Waals surface area contributed by atoms with Crippen LogP contribution in [0, 0.1) is 18.8 Å². The quantitative estimate of drug-likeness (QED) is 0.270. The van der Waals surface area contributed by atoms with Crippen molar-refractivity contribution in [3.63, 3.8) is 0 Å². The van der Waals surface area contributed by atoms with Gasteiger partial charge < -0.3 is 25.0 Å². The summed E-state index contributed by atoms with van der Waals surface area (Å²) in [7, 11) is 0. The van der Waals surface area contributed by atoms with Crippen LogP contribution in [0.1, 0.15) is 51.2 Å². The summed E-state index contributed by atoms with van der Waals surface area (Å²) in [5, 5.41) is 6.98. The van der Waals surface area contributed by atoms with Crippen LogP contribution in [0.15, 0.2) is 23.2 Å². The number of piperidine rings is 1. The van der Waals surface area contributed by atoms with Gasteiger partial charge in [-0.25, -0.2) is 4.99 Å². The van der Waals surface area contributed by atoms with Crippen molar-refractivity contribution in [2.24, 2.45) is 16.8 Å². The minimum absolute atomic E-state index is 0. The Kier molecular flexibility index (Phi) is 12.1. The molecule has 0 amide bonds. The summed E-state index contributed by atoms with van der Waals surface area (Å²) >= 11 is 0. The van der Waals surface area contributed by atoms with Crippen LogP contribution >= 0.6 is 24.0 Å². The average molecular weight is 559 g/mol. The molecule has 2 aliphatic heterocycles. The highest BCUT2D eigenvalue weighted by Crippen LogP contribution is 2.23. The van der Waals surface area contributed by atoms with Crippen LogP contribution in [-0.4, -0.2) is 62.9 Å². The predicted octanol–water partition coefficient (Wildman–Crippen LogP) is 4.20. The number of benzene rings is 1. The third-order valence-electron chi connectivity index (χ3n) is 6.31. The van der Waals surface area contributed by atoms with Gasteiger partial charge in [0.25, 0.3) is 0 Å². The van der Waals surface area contributed by atoms with Crippen LogP contribution in [0.2, 0.25) is 0 Å². The van der Waals surface area contributed by atoms with Gasteiger partial charge in [0.05, 0.1) is 19.8 Å². The first-order valence-electron chi connectivity index (χ1n) is 12.1. The van der Waals surface area contributed by atoms with Gasteiger partial charge in [-0.15, -0.1) is 24.0 Å². The van der Waals surface area contributed by atoms with Crippen molar-refractivity contribution in [2.75, 3.05) is 46.0 Å². The molecule has 2 unspecified atom stereocenters. The minimum atomic E-state index is 0. The van der Waals surface area contributed by atoms with E-state index in [0.29, 0.717) is 31.0 Å². The summed E-state index contributed by atoms with van der Waals surface area (Å²) in [6, 6.07) is 7.04. The van der Waals surface area contributed by atoms with Gasteiger partial charge in [0, 0.05) is 43.8 Å². The number of hydrogen-bond acceptors (Lipinski definition) is 4. The standard InChI is InChI=1S/C25H42N4O2.HI/c1-5-26-25(27-14-21-7-6-11-29(16-21)19(2)3)28-15-23-9-8-20(4)13-24(23)31-18-22-10-12-30-17-22;/h8-9,13,19,21-22H,5-7,10-12,14-18H2,1-4H3,(H2,26,27,28);1H. The van der Waals surface area contributed by atoms with E-state index in [1.807, 2.05) is 0 Å². The van der Waals surface area contributed by atoms with Gasteiger partial charge in [0.15, 0.2) is 5.96 Å². The molecule has 2 heterocycles. The molecule has 32 heavy (non-hydrogen) atoms. The van der Waals surface area contributed by atoms with E-state index in [-0.39, 0.29) is 24.0 Å². The third-order valence-corrected chi connectivity index (χ3v) is 6.31. The maximum absolute atomic E-state index is 6.19. The minimum Gasteiger partial charge on any atom is -0.493 e. The van der Waals surface area contributed by atoms with E-state index in [9.17, 15) is 0 Å². The molecule has 0 aliphatic carbocycles. The van der Waals surface area contributed by atoms with E-state index in [0.717, 1.165) is 50.0 Å². The first-order chi connectivity index (χ1) is 15.0. The average Bonchev–Trinajstić information content (AvgIpc) is 3.29. The summed E-state index contributed by atoms with van der Waals surface area (Å²) < 4.78 is 11.7. The number of hydrogen-bond donors (Lipinski definition) is 2. The van der Waals surface area contributed by atoms with E-state index in [1.54, 1.807) is 0 Å². The Balaban J connectivity index is 0.00000363. The monoisotopic (exact) mass is 558 g/mol. The number of halogens is 1. The second-order valence-electron chi connectivity index (χ2n) is 9.32. The van der Waals surface area contributed by atoms with Gasteiger partial charge in [-0.1, -0.05) is 12.1 Å². The highest BCUT2D eigenvalue weighted by Gasteiger charge is 2.22. The van der Waals surface area contributed by atoms with E-state index >= 15 is 0 Å². The number of nitrogens with zero attached hydrogens (tertiary/aromatic N) is 2. The van der Waals surface area contributed by atoms with Gasteiger partial charge in [-0.2, -0.15) is 0 Å². The molecule has 0 radical (unpaired) electrons. The molecule has 1 aromatic carbocycles. The maximum atomic E-state index is 6.19. The van der Waals surface area contributed by atoms with Gasteiger partial charge in [0.2, 0.25) is 0 Å². The van der Waals surface area contributed by atoms with Crippen LogP contribution in [0.3, 0.4) is 0 Å². The van der Waals surface area contributed by atoms with Crippen molar-refractivity contribution < 1.29 is 9.47 Å². The number of guanidine groups is 1. The van der Waals surface area contributed by atoms with Gasteiger partial charge in [-0.3, -0.25) is 0 Å². The van der Waals surface area contributed by atoms with E-state index in [4.69, 9.17) is 14.5 Å². The SMILES string of the molecule is CCNC(=NCc1ccc(C)cc1OCC1CCOC1)NCC1CCCN(C(C)C)C1.I. The lowest BCUT2D eigenvalue weighted by atomic mass is 9.97. The molecule has 2 N–H and O–H groups in total. The number of likely N-dealkylation sites (tertiary alicyclic amines) is 1. The molecule has 6 nitrogen and oxygen atoms in total. The summed E-state index contributed by atoms with van der Waals surface area (Å²) in [4.78, 5) is 7.46. The van der Waals surface area contributed by atoms with Gasteiger partial charge in [0.1, 0.15) is 5.75 Å². The summed E-state index contributed by atoms with van der Waals surface area (Å²) in [6.07, 6.45) is 3.66. The van der Waals surface area contributed by atoms with Crippen LogP contribution in [0.4, 0.5) is 0 Å². The molecular formula is C25H43IN4O2. The van der Waals surface area contributed by atoms with Crippen molar-refractivity contribution in [3.05, 3.63) is 29.3 Å². The second-order valence-corrected chi connectivity index (χ2v) is 9.32. The lowest BCUT2D eigenvalue weighted by Crippen LogP contribution is -2.46. The van der Waals surface area contributed by atoms with Crippen molar-refractivity contribution in [2.45, 2.75) is 59.5 Å². The normalized spacial score (nSPS) is 22.0. The van der Waals surface area contributed by atoms with Gasteiger partial charge >= 0.3 is 0 Å². The number of aryl methyl sites for hydroxylation is 1. The first kappa shape index (κ1) is 27.2. The number of rotatable bonds is 9. The summed E-state index contributed by atoms with van der Waals surface area (Å²) in [5.41, 5.74) is 2.34. The highest BCUT2D eigenvalue weighted by atomic mass is 127. The molecule has 2 aliphatic rings. The Morgan fingerprint density at radius 3 is 2.81 bits per heavy atom. The van der Waals surface area contributed by atoms with E-state index < -0.39 is 0 Å². The molecule has 0 bridgehead atoms. The molecule has 7 heteroatoms. The van der Waals surface area contributed by atoms with Crippen molar-refractivity contribution in [1.82, 2.24) is 15.5 Å². The van der Waals surface area contributed by atoms with Crippen molar-refractivity contribution >= 4 is 29.9 Å². The lowest BCUT2D eigenvalue weighted by Gasteiger charge is -2.35. The number of ether oxygens (including phenoxy) is 2. The zero-order valence-corrected chi connectivity index (χ0v) is 22.7. The molecule has 2 atom stereocenters. The molecule has 3 rings (SSSR count). The van der Waals surface area contributed by atoms with Gasteiger partial charge in [-0.05, 0) is 71.0 Å². The Bertz CT molecular complexity index is 707. The highest BCUT2D eigenvalue weighted by molar-refractivity contribution is 14.0. The van der Waals surface area contributed by atoms with Crippen molar-refractivity contribution in [1.29, 1.82) is 0 Å². The van der Waals surface area contributed by atoms with Crippen LogP contribution < -0.4 is 15.4 Å². The molecule has 2 fully saturated rings. The predicted molar refractivity (Wildman–Crippen MR) is 143 cm³/mol. The Morgan fingerprint density at radius 1 is 1.25 bits per heavy atom. The topological polar surface area (TPSA) is 58.1 Å². The maximum Gasteiger partial charge on any atom is 0.191 e. The largest absolute Gasteiger partial charge is 0.493 e. The molecule has 0 aromatic heterocycles. The first-order valence-corrected chi connectivity index (χ1v) is 12.1.